The van der Waals surface area contributed by atoms with Crippen molar-refractivity contribution in [1.29, 1.82) is 0 Å². The predicted molar refractivity (Wildman–Crippen MR) is 75.4 cm³/mol. The van der Waals surface area contributed by atoms with Gasteiger partial charge in [-0.3, -0.25) is 0 Å². The Morgan fingerprint density at radius 2 is 1.85 bits per heavy atom. The van der Waals surface area contributed by atoms with Gasteiger partial charge in [-0.1, -0.05) is 13.3 Å². The van der Waals surface area contributed by atoms with Crippen molar-refractivity contribution in [3.8, 4) is 0 Å². The summed E-state index contributed by atoms with van der Waals surface area (Å²) in [6.07, 6.45) is 2.76. The summed E-state index contributed by atoms with van der Waals surface area (Å²) in [7, 11) is 0. The molecule has 3 aliphatic rings. The molecule has 1 saturated heterocycles. The smallest absolute Gasteiger partial charge is 0.328 e. The number of nitrogens with two attached hydrogens (primary N) is 4. The van der Waals surface area contributed by atoms with Crippen molar-refractivity contribution in [2.45, 2.75) is 68.3 Å². The van der Waals surface area contributed by atoms with E-state index in [0.717, 1.165) is 19.3 Å². The molecule has 0 spiro atoms. The fourth-order valence-corrected chi connectivity index (χ4v) is 4.94. The van der Waals surface area contributed by atoms with E-state index in [1.165, 1.54) is 0 Å². The molecule has 0 radical (unpaired) electrons. The molecule has 1 heterocycles. The summed E-state index contributed by atoms with van der Waals surface area (Å²) in [5.74, 6) is 0.161. The number of esters is 1. The van der Waals surface area contributed by atoms with Crippen molar-refractivity contribution in [2.75, 3.05) is 0 Å². The Hall–Kier alpha value is -0.690. The second-order valence-electron chi connectivity index (χ2n) is 7.38. The van der Waals surface area contributed by atoms with E-state index in [2.05, 4.69) is 6.92 Å². The van der Waals surface area contributed by atoms with E-state index < -0.39 is 34.7 Å². The first-order valence-electron chi connectivity index (χ1n) is 7.48. The third kappa shape index (κ3) is 1.45. The number of carbonyl (C=O) groups is 1. The van der Waals surface area contributed by atoms with Gasteiger partial charge < -0.3 is 27.7 Å². The molecule has 8 N–H and O–H groups in total. The van der Waals surface area contributed by atoms with Gasteiger partial charge in [0.05, 0.1) is 5.54 Å². The van der Waals surface area contributed by atoms with E-state index >= 15 is 0 Å². The first-order chi connectivity index (χ1) is 9.15. The molecule has 0 aromatic rings. The minimum absolute atomic E-state index is 0.0947. The van der Waals surface area contributed by atoms with E-state index in [1.807, 2.05) is 0 Å². The van der Waals surface area contributed by atoms with Crippen molar-refractivity contribution in [3.05, 3.63) is 0 Å². The van der Waals surface area contributed by atoms with Crippen molar-refractivity contribution in [1.82, 2.24) is 0 Å². The molecule has 6 heteroatoms. The lowest BCUT2D eigenvalue weighted by Gasteiger charge is -2.59. The number of fused-ring (bicyclic) bond motifs is 2. The Morgan fingerprint density at radius 3 is 2.50 bits per heavy atom. The van der Waals surface area contributed by atoms with Crippen molar-refractivity contribution < 1.29 is 9.53 Å². The van der Waals surface area contributed by atoms with Gasteiger partial charge in [-0.2, -0.15) is 0 Å². The third-order valence-corrected chi connectivity index (χ3v) is 6.12. The van der Waals surface area contributed by atoms with Gasteiger partial charge in [0.15, 0.2) is 0 Å². The summed E-state index contributed by atoms with van der Waals surface area (Å²) >= 11 is 0. The van der Waals surface area contributed by atoms with Crippen LogP contribution in [0.15, 0.2) is 0 Å². The highest BCUT2D eigenvalue weighted by molar-refractivity contribution is 5.87. The van der Waals surface area contributed by atoms with E-state index in [9.17, 15) is 4.79 Å². The molecule has 3 rings (SSSR count). The molecule has 2 saturated carbocycles. The predicted octanol–water partition coefficient (Wildman–Crippen LogP) is -0.809. The molecule has 114 valence electrons. The Morgan fingerprint density at radius 1 is 1.20 bits per heavy atom. The maximum Gasteiger partial charge on any atom is 0.328 e. The van der Waals surface area contributed by atoms with Crippen LogP contribution >= 0.6 is 0 Å². The van der Waals surface area contributed by atoms with Crippen LogP contribution in [-0.4, -0.2) is 34.7 Å². The third-order valence-electron chi connectivity index (χ3n) is 6.12. The SMILES string of the molecule is CC1CCC2[C@@H](N)[C@@]3(N)[C@@H](C)OC(=O)C3(N)CC2(N)C1. The highest BCUT2D eigenvalue weighted by Gasteiger charge is 2.72. The summed E-state index contributed by atoms with van der Waals surface area (Å²) in [6, 6.07) is -0.416. The normalized spacial score (nSPS) is 58.8. The zero-order chi connectivity index (χ0) is 14.9. The number of carbonyl (C=O) groups excluding carboxylic acids is 1. The average molecular weight is 282 g/mol. The highest BCUT2D eigenvalue weighted by Crippen LogP contribution is 2.53. The molecule has 2 aliphatic carbocycles. The standard InChI is InChI=1S/C14H26N4O2/c1-7-3-4-9-10(15)14(18)8(2)20-11(19)13(14,17)6-12(9,16)5-7/h7-10H,3-6,15-18H2,1-2H3/t7?,8-,9?,10-,12?,13?,14+/m1/s1. The van der Waals surface area contributed by atoms with Crippen LogP contribution in [0.3, 0.4) is 0 Å². The van der Waals surface area contributed by atoms with Crippen LogP contribution in [0.1, 0.15) is 39.5 Å². The molecule has 0 aromatic heterocycles. The Bertz CT molecular complexity index is 458. The maximum atomic E-state index is 12.3. The van der Waals surface area contributed by atoms with Crippen LogP contribution in [-0.2, 0) is 9.53 Å². The summed E-state index contributed by atoms with van der Waals surface area (Å²) in [4.78, 5) is 12.3. The number of hydrogen-bond acceptors (Lipinski definition) is 6. The molecule has 0 aromatic carbocycles. The van der Waals surface area contributed by atoms with Gasteiger partial charge >= 0.3 is 5.97 Å². The first kappa shape index (κ1) is 14.3. The lowest BCUT2D eigenvalue weighted by molar-refractivity contribution is -0.146. The Kier molecular flexibility index (Phi) is 2.81. The van der Waals surface area contributed by atoms with Crippen LogP contribution in [0, 0.1) is 11.8 Å². The topological polar surface area (TPSA) is 130 Å². The quantitative estimate of drug-likeness (QED) is 0.430. The average Bonchev–Trinajstić information content (AvgIpc) is 2.50. The molecule has 1 aliphatic heterocycles. The fraction of sp³-hybridized carbons (Fsp3) is 0.929. The highest BCUT2D eigenvalue weighted by atomic mass is 16.6. The van der Waals surface area contributed by atoms with Crippen molar-refractivity contribution in [2.24, 2.45) is 34.8 Å². The van der Waals surface area contributed by atoms with Gasteiger partial charge in [0.1, 0.15) is 11.6 Å². The summed E-state index contributed by atoms with van der Waals surface area (Å²) in [5.41, 5.74) is 23.2. The van der Waals surface area contributed by atoms with Gasteiger partial charge in [-0.15, -0.1) is 0 Å². The molecule has 7 atom stereocenters. The van der Waals surface area contributed by atoms with Gasteiger partial charge in [0, 0.05) is 11.6 Å². The van der Waals surface area contributed by atoms with Gasteiger partial charge in [-0.05, 0) is 38.0 Å². The van der Waals surface area contributed by atoms with Crippen LogP contribution in [0.25, 0.3) is 0 Å². The van der Waals surface area contributed by atoms with Crippen molar-refractivity contribution in [3.63, 3.8) is 0 Å². The lowest BCUT2D eigenvalue weighted by Crippen LogP contribution is -2.85. The van der Waals surface area contributed by atoms with Crippen molar-refractivity contribution >= 4 is 5.97 Å². The Balaban J connectivity index is 2.07. The molecule has 0 bridgehead atoms. The number of rotatable bonds is 0. The maximum absolute atomic E-state index is 12.3. The van der Waals surface area contributed by atoms with Crippen LogP contribution < -0.4 is 22.9 Å². The fourth-order valence-electron chi connectivity index (χ4n) is 4.94. The van der Waals surface area contributed by atoms with E-state index in [-0.39, 0.29) is 5.92 Å². The van der Waals surface area contributed by atoms with Gasteiger partial charge in [-0.25, -0.2) is 4.79 Å². The van der Waals surface area contributed by atoms with E-state index in [0.29, 0.717) is 12.3 Å². The van der Waals surface area contributed by atoms with Gasteiger partial charge in [0.2, 0.25) is 0 Å². The monoisotopic (exact) mass is 282 g/mol. The zero-order valence-corrected chi connectivity index (χ0v) is 12.3. The second-order valence-corrected chi connectivity index (χ2v) is 7.38. The number of hydrogen-bond donors (Lipinski definition) is 4. The second kappa shape index (κ2) is 3.94. The molecule has 20 heavy (non-hydrogen) atoms. The molecule has 6 nitrogen and oxygen atoms in total. The largest absolute Gasteiger partial charge is 0.459 e. The van der Waals surface area contributed by atoms with Crippen LogP contribution in [0.4, 0.5) is 0 Å². The minimum atomic E-state index is -1.27. The van der Waals surface area contributed by atoms with Gasteiger partial charge in [0.25, 0.3) is 0 Å². The Labute approximate surface area is 119 Å². The molecular weight excluding hydrogens is 256 g/mol. The first-order valence-corrected chi connectivity index (χ1v) is 7.48. The number of cyclic esters (lactones) is 1. The molecule has 0 amide bonds. The van der Waals surface area contributed by atoms with E-state index in [1.54, 1.807) is 6.92 Å². The lowest BCUT2D eigenvalue weighted by atomic mass is 9.50. The summed E-state index contributed by atoms with van der Waals surface area (Å²) in [5, 5.41) is 0. The van der Waals surface area contributed by atoms with Crippen LogP contribution in [0.5, 0.6) is 0 Å². The molecular formula is C14H26N4O2. The molecule has 4 unspecified atom stereocenters. The number of ether oxygens (including phenoxy) is 1. The zero-order valence-electron chi connectivity index (χ0n) is 12.3. The minimum Gasteiger partial charge on any atom is -0.459 e. The summed E-state index contributed by atoms with van der Waals surface area (Å²) < 4.78 is 5.34. The molecule has 3 fully saturated rings. The summed E-state index contributed by atoms with van der Waals surface area (Å²) in [6.45, 7) is 3.96. The van der Waals surface area contributed by atoms with Crippen LogP contribution in [0.2, 0.25) is 0 Å². The van der Waals surface area contributed by atoms with E-state index in [4.69, 9.17) is 27.7 Å².